The Morgan fingerprint density at radius 3 is 3.00 bits per heavy atom. The van der Waals surface area contributed by atoms with Crippen molar-refractivity contribution in [2.75, 3.05) is 6.54 Å². The Balaban J connectivity index is 2.31. The van der Waals surface area contributed by atoms with Crippen molar-refractivity contribution >= 4 is 22.0 Å². The van der Waals surface area contributed by atoms with Crippen molar-refractivity contribution < 1.29 is 13.9 Å². The molecule has 1 amide bonds. The Morgan fingerprint density at radius 2 is 2.36 bits per heavy atom. The molecule has 2 rings (SSSR count). The van der Waals surface area contributed by atoms with Gasteiger partial charge in [-0.05, 0) is 18.2 Å². The maximum atomic E-state index is 12.9. The van der Waals surface area contributed by atoms with E-state index in [9.17, 15) is 9.18 Å². The smallest absolute Gasteiger partial charge is 0.407 e. The number of halogens is 2. The molecule has 14 heavy (non-hydrogen) atoms. The van der Waals surface area contributed by atoms with E-state index in [0.717, 1.165) is 4.47 Å². The lowest BCUT2D eigenvalue weighted by molar-refractivity contribution is 0.140. The van der Waals surface area contributed by atoms with Crippen molar-refractivity contribution in [3.8, 4) is 0 Å². The van der Waals surface area contributed by atoms with Crippen LogP contribution in [0.2, 0.25) is 0 Å². The van der Waals surface area contributed by atoms with Gasteiger partial charge in [0.15, 0.2) is 0 Å². The van der Waals surface area contributed by atoms with Crippen molar-refractivity contribution in [2.45, 2.75) is 6.10 Å². The molecule has 0 aliphatic carbocycles. The van der Waals surface area contributed by atoms with E-state index in [1.54, 1.807) is 6.07 Å². The van der Waals surface area contributed by atoms with Crippen molar-refractivity contribution in [3.05, 3.63) is 34.1 Å². The number of hydrogen-bond donors (Lipinski definition) is 1. The number of ether oxygens (including phenoxy) is 1. The summed E-state index contributed by atoms with van der Waals surface area (Å²) in [6.45, 7) is 0.376. The van der Waals surface area contributed by atoms with E-state index >= 15 is 0 Å². The lowest BCUT2D eigenvalue weighted by atomic mass is 10.1. The average molecular weight is 260 g/mol. The van der Waals surface area contributed by atoms with Crippen LogP contribution in [0.25, 0.3) is 0 Å². The van der Waals surface area contributed by atoms with Crippen LogP contribution >= 0.6 is 15.9 Å². The Bertz CT molecular complexity index is 383. The summed E-state index contributed by atoms with van der Waals surface area (Å²) in [7, 11) is 0. The fourth-order valence-electron chi connectivity index (χ4n) is 1.32. The van der Waals surface area contributed by atoms with Gasteiger partial charge in [0.1, 0.15) is 11.9 Å². The van der Waals surface area contributed by atoms with Crippen LogP contribution in [0.4, 0.5) is 9.18 Å². The van der Waals surface area contributed by atoms with E-state index in [1.165, 1.54) is 12.1 Å². The van der Waals surface area contributed by atoms with Crippen molar-refractivity contribution in [2.24, 2.45) is 0 Å². The summed E-state index contributed by atoms with van der Waals surface area (Å²) >= 11 is 3.27. The Kier molecular flexibility index (Phi) is 2.41. The number of amides is 1. The minimum atomic E-state index is -0.467. The number of rotatable bonds is 1. The first-order valence-electron chi connectivity index (χ1n) is 4.06. The summed E-state index contributed by atoms with van der Waals surface area (Å²) in [6, 6.07) is 4.30. The van der Waals surface area contributed by atoms with Crippen LogP contribution in [-0.4, -0.2) is 12.6 Å². The molecule has 1 aromatic rings. The third kappa shape index (κ3) is 1.72. The summed E-state index contributed by atoms with van der Waals surface area (Å²) < 4.78 is 18.6. The summed E-state index contributed by atoms with van der Waals surface area (Å²) in [5, 5.41) is 2.51. The van der Waals surface area contributed by atoms with E-state index in [0.29, 0.717) is 12.1 Å². The molecule has 1 fully saturated rings. The van der Waals surface area contributed by atoms with Gasteiger partial charge in [0, 0.05) is 10.0 Å². The predicted octanol–water partition coefficient (Wildman–Crippen LogP) is 2.37. The molecule has 3 nitrogen and oxygen atoms in total. The SMILES string of the molecule is O=C1NCC(c2cc(F)ccc2Br)O1. The molecule has 0 bridgehead atoms. The van der Waals surface area contributed by atoms with Gasteiger partial charge in [-0.2, -0.15) is 0 Å². The highest BCUT2D eigenvalue weighted by Crippen LogP contribution is 2.28. The molecule has 1 N–H and O–H groups in total. The van der Waals surface area contributed by atoms with Crippen molar-refractivity contribution in [3.63, 3.8) is 0 Å². The summed E-state index contributed by atoms with van der Waals surface area (Å²) in [4.78, 5) is 10.8. The van der Waals surface area contributed by atoms with E-state index in [-0.39, 0.29) is 5.82 Å². The number of nitrogens with one attached hydrogen (secondary N) is 1. The second kappa shape index (κ2) is 3.57. The minimum absolute atomic E-state index is 0.342. The lowest BCUT2D eigenvalue weighted by Gasteiger charge is -2.09. The molecule has 1 unspecified atom stereocenters. The quantitative estimate of drug-likeness (QED) is 0.841. The van der Waals surface area contributed by atoms with Gasteiger partial charge in [-0.15, -0.1) is 0 Å². The van der Waals surface area contributed by atoms with Gasteiger partial charge in [0.05, 0.1) is 6.54 Å². The average Bonchev–Trinajstić information content (AvgIpc) is 2.56. The van der Waals surface area contributed by atoms with Crippen LogP contribution in [0.15, 0.2) is 22.7 Å². The number of carbonyl (C=O) groups is 1. The van der Waals surface area contributed by atoms with Gasteiger partial charge >= 0.3 is 6.09 Å². The molecular weight excluding hydrogens is 253 g/mol. The summed E-state index contributed by atoms with van der Waals surface area (Å²) in [5.74, 6) is -0.342. The number of carbonyl (C=O) groups excluding carboxylic acids is 1. The largest absolute Gasteiger partial charge is 0.439 e. The summed E-state index contributed by atoms with van der Waals surface area (Å²) in [6.07, 6.45) is -0.876. The highest BCUT2D eigenvalue weighted by molar-refractivity contribution is 9.10. The molecule has 0 saturated carbocycles. The molecule has 74 valence electrons. The van der Waals surface area contributed by atoms with E-state index in [2.05, 4.69) is 21.2 Å². The Hall–Kier alpha value is -1.10. The first-order valence-corrected chi connectivity index (χ1v) is 4.85. The first-order chi connectivity index (χ1) is 6.66. The van der Waals surface area contributed by atoms with E-state index in [4.69, 9.17) is 4.74 Å². The van der Waals surface area contributed by atoms with Gasteiger partial charge in [-0.3, -0.25) is 0 Å². The maximum absolute atomic E-state index is 12.9. The topological polar surface area (TPSA) is 38.3 Å². The molecule has 1 aliphatic rings. The molecule has 5 heteroatoms. The zero-order valence-electron chi connectivity index (χ0n) is 7.09. The minimum Gasteiger partial charge on any atom is -0.439 e. The Morgan fingerprint density at radius 1 is 1.57 bits per heavy atom. The third-order valence-corrected chi connectivity index (χ3v) is 2.71. The molecule has 0 radical (unpaired) electrons. The zero-order valence-corrected chi connectivity index (χ0v) is 8.67. The highest BCUT2D eigenvalue weighted by atomic mass is 79.9. The molecule has 1 aromatic carbocycles. The lowest BCUT2D eigenvalue weighted by Crippen LogP contribution is -2.12. The first kappa shape index (κ1) is 9.45. The molecular formula is C9H7BrFNO2. The fraction of sp³-hybridized carbons (Fsp3) is 0.222. The van der Waals surface area contributed by atoms with E-state index in [1.807, 2.05) is 0 Å². The monoisotopic (exact) mass is 259 g/mol. The second-order valence-electron chi connectivity index (χ2n) is 2.94. The molecule has 1 saturated heterocycles. The van der Waals surface area contributed by atoms with Gasteiger partial charge in [-0.25, -0.2) is 9.18 Å². The van der Waals surface area contributed by atoms with Crippen molar-refractivity contribution in [1.29, 1.82) is 0 Å². The number of benzene rings is 1. The third-order valence-electron chi connectivity index (χ3n) is 1.99. The van der Waals surface area contributed by atoms with Gasteiger partial charge < -0.3 is 10.1 Å². The van der Waals surface area contributed by atoms with Crippen LogP contribution < -0.4 is 5.32 Å². The fourth-order valence-corrected chi connectivity index (χ4v) is 1.83. The molecule has 1 heterocycles. The maximum Gasteiger partial charge on any atom is 0.407 e. The molecule has 0 aromatic heterocycles. The summed E-state index contributed by atoms with van der Waals surface area (Å²) in [5.41, 5.74) is 0.642. The number of hydrogen-bond acceptors (Lipinski definition) is 2. The van der Waals surface area contributed by atoms with Crippen LogP contribution in [0.3, 0.4) is 0 Å². The highest BCUT2D eigenvalue weighted by Gasteiger charge is 2.26. The number of alkyl carbamates (subject to hydrolysis) is 1. The zero-order chi connectivity index (χ0) is 10.1. The molecule has 1 aliphatic heterocycles. The van der Waals surface area contributed by atoms with Crippen LogP contribution in [0.5, 0.6) is 0 Å². The van der Waals surface area contributed by atoms with Crippen LogP contribution in [0, 0.1) is 5.82 Å². The molecule has 0 spiro atoms. The van der Waals surface area contributed by atoms with Crippen molar-refractivity contribution in [1.82, 2.24) is 5.32 Å². The van der Waals surface area contributed by atoms with Gasteiger partial charge in [-0.1, -0.05) is 15.9 Å². The van der Waals surface area contributed by atoms with Crippen LogP contribution in [0.1, 0.15) is 11.7 Å². The number of cyclic esters (lactones) is 1. The predicted molar refractivity (Wildman–Crippen MR) is 51.3 cm³/mol. The normalized spacial score (nSPS) is 20.4. The molecule has 1 atom stereocenters. The standard InChI is InChI=1S/C9H7BrFNO2/c10-7-2-1-5(11)3-6(7)8-4-12-9(13)14-8/h1-3,8H,4H2,(H,12,13). The van der Waals surface area contributed by atoms with E-state index < -0.39 is 12.2 Å². The van der Waals surface area contributed by atoms with Crippen LogP contribution in [-0.2, 0) is 4.74 Å². The second-order valence-corrected chi connectivity index (χ2v) is 3.80. The van der Waals surface area contributed by atoms with Gasteiger partial charge in [0.25, 0.3) is 0 Å². The Labute approximate surface area is 88.4 Å². The van der Waals surface area contributed by atoms with Gasteiger partial charge in [0.2, 0.25) is 0 Å².